The summed E-state index contributed by atoms with van der Waals surface area (Å²) >= 11 is 1.22. The largest absolute Gasteiger partial charge is 0.462 e. The predicted octanol–water partition coefficient (Wildman–Crippen LogP) is 1.74. The molecule has 2 heterocycles. The summed E-state index contributed by atoms with van der Waals surface area (Å²) in [5.41, 5.74) is 1.18. The molecule has 23 heavy (non-hydrogen) atoms. The first-order valence-corrected chi connectivity index (χ1v) is 7.89. The van der Waals surface area contributed by atoms with Gasteiger partial charge in [0.2, 0.25) is 5.91 Å². The maximum atomic E-state index is 12.1. The Bertz CT molecular complexity index is 794. The number of thiophene rings is 1. The van der Waals surface area contributed by atoms with Gasteiger partial charge < -0.3 is 10.1 Å². The zero-order valence-corrected chi connectivity index (χ0v) is 13.9. The van der Waals surface area contributed by atoms with Crippen molar-refractivity contribution in [2.24, 2.45) is 0 Å². The molecule has 0 bridgehead atoms. The van der Waals surface area contributed by atoms with E-state index in [1.54, 1.807) is 32.2 Å². The lowest BCUT2D eigenvalue weighted by atomic mass is 10.3. The van der Waals surface area contributed by atoms with Gasteiger partial charge in [0.15, 0.2) is 0 Å². The summed E-state index contributed by atoms with van der Waals surface area (Å²) in [6, 6.07) is 1.59. The fraction of sp³-hybridized carbons (Fsp3) is 0.333. The van der Waals surface area contributed by atoms with E-state index in [1.165, 1.54) is 22.2 Å². The van der Waals surface area contributed by atoms with Crippen LogP contribution in [0.5, 0.6) is 0 Å². The molecular formula is C15H17N3O4S. The molecule has 0 aliphatic heterocycles. The van der Waals surface area contributed by atoms with Crippen LogP contribution in [0.2, 0.25) is 0 Å². The number of aryl methyl sites for hydroxylation is 1. The third-order valence-electron chi connectivity index (χ3n) is 3.24. The molecule has 0 atom stereocenters. The molecule has 0 unspecified atom stereocenters. The number of hydrogen-bond acceptors (Lipinski definition) is 6. The van der Waals surface area contributed by atoms with Gasteiger partial charge in [-0.15, -0.1) is 11.3 Å². The number of carbonyl (C=O) groups is 2. The first-order chi connectivity index (χ1) is 10.9. The van der Waals surface area contributed by atoms with Crippen molar-refractivity contribution in [3.63, 3.8) is 0 Å². The molecule has 2 aromatic heterocycles. The van der Waals surface area contributed by atoms with Crippen LogP contribution < -0.4 is 10.9 Å². The van der Waals surface area contributed by atoms with E-state index in [0.29, 0.717) is 21.8 Å². The van der Waals surface area contributed by atoms with Crippen molar-refractivity contribution in [2.75, 3.05) is 11.9 Å². The van der Waals surface area contributed by atoms with Crippen LogP contribution in [0.4, 0.5) is 5.00 Å². The summed E-state index contributed by atoms with van der Waals surface area (Å²) in [7, 11) is 0. The van der Waals surface area contributed by atoms with Crippen LogP contribution in [-0.2, 0) is 16.1 Å². The van der Waals surface area contributed by atoms with E-state index in [0.717, 1.165) is 0 Å². The Morgan fingerprint density at radius 2 is 2.13 bits per heavy atom. The van der Waals surface area contributed by atoms with E-state index < -0.39 is 11.9 Å². The molecule has 0 spiro atoms. The second-order valence-corrected chi connectivity index (χ2v) is 5.74. The van der Waals surface area contributed by atoms with Crippen LogP contribution in [0.3, 0.4) is 0 Å². The molecule has 8 heteroatoms. The summed E-state index contributed by atoms with van der Waals surface area (Å²) < 4.78 is 6.16. The molecule has 0 aliphatic rings. The molecule has 2 aromatic rings. The average molecular weight is 335 g/mol. The van der Waals surface area contributed by atoms with Gasteiger partial charge in [0.1, 0.15) is 11.5 Å². The molecular weight excluding hydrogens is 318 g/mol. The lowest BCUT2D eigenvalue weighted by molar-refractivity contribution is -0.116. The molecule has 1 N–H and O–H groups in total. The number of aromatic nitrogens is 2. The molecule has 7 nitrogen and oxygen atoms in total. The van der Waals surface area contributed by atoms with Crippen molar-refractivity contribution in [3.8, 4) is 0 Å². The molecule has 1 amide bonds. The van der Waals surface area contributed by atoms with E-state index in [9.17, 15) is 14.4 Å². The van der Waals surface area contributed by atoms with Crippen molar-refractivity contribution < 1.29 is 14.3 Å². The standard InChI is InChI=1S/C15H17N3O4S/c1-4-22-15(21)11-5-6-23-13(11)17-12(19)7-18-8-16-10(3)9(2)14(18)20/h5-6,8H,4,7H2,1-3H3,(H,17,19). The van der Waals surface area contributed by atoms with E-state index in [-0.39, 0.29) is 18.7 Å². The average Bonchev–Trinajstić information content (AvgIpc) is 2.96. The Morgan fingerprint density at radius 1 is 1.39 bits per heavy atom. The summed E-state index contributed by atoms with van der Waals surface area (Å²) in [5.74, 6) is -0.904. The van der Waals surface area contributed by atoms with Gasteiger partial charge in [0, 0.05) is 11.3 Å². The minimum atomic E-state index is -0.492. The van der Waals surface area contributed by atoms with Crippen molar-refractivity contribution in [1.82, 2.24) is 9.55 Å². The molecule has 0 aliphatic carbocycles. The highest BCUT2D eigenvalue weighted by molar-refractivity contribution is 7.14. The van der Waals surface area contributed by atoms with Crippen molar-refractivity contribution in [2.45, 2.75) is 27.3 Å². The third kappa shape index (κ3) is 3.84. The number of ether oxygens (including phenoxy) is 1. The number of carbonyl (C=O) groups excluding carboxylic acids is 2. The first-order valence-electron chi connectivity index (χ1n) is 7.01. The highest BCUT2D eigenvalue weighted by Crippen LogP contribution is 2.24. The predicted molar refractivity (Wildman–Crippen MR) is 86.9 cm³/mol. The smallest absolute Gasteiger partial charge is 0.341 e. The van der Waals surface area contributed by atoms with Gasteiger partial charge in [-0.1, -0.05) is 0 Å². The van der Waals surface area contributed by atoms with Crippen LogP contribution >= 0.6 is 11.3 Å². The Balaban J connectivity index is 2.12. The monoisotopic (exact) mass is 335 g/mol. The van der Waals surface area contributed by atoms with Crippen LogP contribution in [0.1, 0.15) is 28.5 Å². The Kier molecular flexibility index (Phi) is 5.28. The molecule has 0 saturated heterocycles. The highest BCUT2D eigenvalue weighted by Gasteiger charge is 2.16. The number of nitrogens with one attached hydrogen (secondary N) is 1. The number of esters is 1. The lowest BCUT2D eigenvalue weighted by Crippen LogP contribution is -2.29. The summed E-state index contributed by atoms with van der Waals surface area (Å²) in [6.07, 6.45) is 1.34. The van der Waals surface area contributed by atoms with Gasteiger partial charge >= 0.3 is 5.97 Å². The summed E-state index contributed by atoms with van der Waals surface area (Å²) in [6.45, 7) is 5.19. The zero-order valence-electron chi connectivity index (χ0n) is 13.1. The Hall–Kier alpha value is -2.48. The fourth-order valence-corrected chi connectivity index (χ4v) is 2.68. The Labute approximate surface area is 136 Å². The van der Waals surface area contributed by atoms with E-state index in [4.69, 9.17) is 4.74 Å². The minimum Gasteiger partial charge on any atom is -0.462 e. The van der Waals surface area contributed by atoms with Gasteiger partial charge in [-0.2, -0.15) is 0 Å². The molecule has 122 valence electrons. The number of anilines is 1. The quantitative estimate of drug-likeness (QED) is 0.841. The Morgan fingerprint density at radius 3 is 2.83 bits per heavy atom. The van der Waals surface area contributed by atoms with Crippen molar-refractivity contribution in [3.05, 3.63) is 44.9 Å². The summed E-state index contributed by atoms with van der Waals surface area (Å²) in [5, 5.41) is 4.72. The normalized spacial score (nSPS) is 10.4. The molecule has 0 radical (unpaired) electrons. The zero-order chi connectivity index (χ0) is 17.0. The molecule has 0 saturated carbocycles. The van der Waals surface area contributed by atoms with E-state index >= 15 is 0 Å². The molecule has 0 aromatic carbocycles. The SMILES string of the molecule is CCOC(=O)c1ccsc1NC(=O)Cn1cnc(C)c(C)c1=O. The van der Waals surface area contributed by atoms with Crippen LogP contribution in [-0.4, -0.2) is 28.0 Å². The van der Waals surface area contributed by atoms with Gasteiger partial charge in [0.25, 0.3) is 5.56 Å². The van der Waals surface area contributed by atoms with E-state index in [2.05, 4.69) is 10.3 Å². The highest BCUT2D eigenvalue weighted by atomic mass is 32.1. The van der Waals surface area contributed by atoms with Gasteiger partial charge in [0.05, 0.1) is 18.5 Å². The fourth-order valence-electron chi connectivity index (χ4n) is 1.88. The number of rotatable bonds is 5. The maximum Gasteiger partial charge on any atom is 0.341 e. The molecule has 2 rings (SSSR count). The second-order valence-electron chi connectivity index (χ2n) is 4.82. The van der Waals surface area contributed by atoms with Crippen LogP contribution in [0.15, 0.2) is 22.6 Å². The number of hydrogen-bond donors (Lipinski definition) is 1. The first kappa shape index (κ1) is 16.9. The van der Waals surface area contributed by atoms with Gasteiger partial charge in [-0.05, 0) is 32.2 Å². The third-order valence-corrected chi connectivity index (χ3v) is 4.07. The van der Waals surface area contributed by atoms with Crippen molar-refractivity contribution in [1.29, 1.82) is 0 Å². The van der Waals surface area contributed by atoms with Gasteiger partial charge in [-0.25, -0.2) is 9.78 Å². The summed E-state index contributed by atoms with van der Waals surface area (Å²) in [4.78, 5) is 40.0. The molecule has 0 fully saturated rings. The van der Waals surface area contributed by atoms with Crippen molar-refractivity contribution >= 4 is 28.2 Å². The topological polar surface area (TPSA) is 90.3 Å². The van der Waals surface area contributed by atoms with Crippen LogP contribution in [0, 0.1) is 13.8 Å². The van der Waals surface area contributed by atoms with E-state index in [1.807, 2.05) is 0 Å². The lowest BCUT2D eigenvalue weighted by Gasteiger charge is -2.09. The maximum absolute atomic E-state index is 12.1. The second kappa shape index (κ2) is 7.19. The number of amides is 1. The minimum absolute atomic E-state index is 0.173. The van der Waals surface area contributed by atoms with Crippen LogP contribution in [0.25, 0.3) is 0 Å². The van der Waals surface area contributed by atoms with Gasteiger partial charge in [-0.3, -0.25) is 14.2 Å². The number of nitrogens with zero attached hydrogens (tertiary/aromatic N) is 2.